The fourth-order valence-electron chi connectivity index (χ4n) is 2.76. The first-order valence-corrected chi connectivity index (χ1v) is 7.49. The van der Waals surface area contributed by atoms with Gasteiger partial charge in [-0.3, -0.25) is 0 Å². The molecule has 1 atom stereocenters. The third-order valence-corrected chi connectivity index (χ3v) is 3.76. The van der Waals surface area contributed by atoms with E-state index in [-0.39, 0.29) is 12.6 Å². The van der Waals surface area contributed by atoms with E-state index in [2.05, 4.69) is 34.1 Å². The number of benzene rings is 1. The molecule has 1 fully saturated rings. The Balaban J connectivity index is 1.76. The number of aryl methyl sites for hydroxylation is 2. The molecule has 1 saturated heterocycles. The van der Waals surface area contributed by atoms with Crippen LogP contribution in [-0.4, -0.2) is 36.4 Å². The van der Waals surface area contributed by atoms with Crippen molar-refractivity contribution in [3.63, 3.8) is 0 Å². The molecule has 4 N–H and O–H groups in total. The van der Waals surface area contributed by atoms with E-state index in [9.17, 15) is 9.90 Å². The molecule has 1 aromatic carbocycles. The van der Waals surface area contributed by atoms with Crippen LogP contribution >= 0.6 is 0 Å². The summed E-state index contributed by atoms with van der Waals surface area (Å²) in [5.74, 6) is 0. The van der Waals surface area contributed by atoms with Gasteiger partial charge in [0, 0.05) is 19.6 Å². The van der Waals surface area contributed by atoms with Gasteiger partial charge in [-0.25, -0.2) is 4.79 Å². The van der Waals surface area contributed by atoms with Crippen molar-refractivity contribution in [2.45, 2.75) is 38.8 Å². The van der Waals surface area contributed by atoms with E-state index >= 15 is 0 Å². The predicted molar refractivity (Wildman–Crippen MR) is 83.2 cm³/mol. The first-order chi connectivity index (χ1) is 9.97. The highest BCUT2D eigenvalue weighted by molar-refractivity contribution is 5.73. The fourth-order valence-corrected chi connectivity index (χ4v) is 2.76. The molecule has 5 heteroatoms. The van der Waals surface area contributed by atoms with Crippen molar-refractivity contribution in [3.05, 3.63) is 34.9 Å². The zero-order valence-corrected chi connectivity index (χ0v) is 12.8. The maximum atomic E-state index is 11.8. The molecule has 0 radical (unpaired) electrons. The smallest absolute Gasteiger partial charge is 0.315 e. The molecule has 2 rings (SSSR count). The minimum absolute atomic E-state index is 0.242. The summed E-state index contributed by atoms with van der Waals surface area (Å²) in [7, 11) is 0. The molecule has 1 aliphatic rings. The van der Waals surface area contributed by atoms with Crippen LogP contribution in [0.2, 0.25) is 0 Å². The fraction of sp³-hybridized carbons (Fsp3) is 0.562. The normalized spacial score (nSPS) is 21.9. The second kappa shape index (κ2) is 6.91. The minimum atomic E-state index is -0.824. The molecule has 0 bridgehead atoms. The largest absolute Gasteiger partial charge is 0.387 e. The number of aliphatic hydroxyl groups is 1. The molecule has 0 aromatic heterocycles. The molecule has 0 spiro atoms. The first-order valence-electron chi connectivity index (χ1n) is 7.49. The second-order valence-corrected chi connectivity index (χ2v) is 6.04. The van der Waals surface area contributed by atoms with E-state index in [1.165, 1.54) is 11.1 Å². The number of carbonyl (C=O) groups excluding carboxylic acids is 1. The molecule has 116 valence electrons. The molecule has 5 nitrogen and oxygen atoms in total. The number of urea groups is 1. The Labute approximate surface area is 126 Å². The molecule has 0 aliphatic carbocycles. The first kappa shape index (κ1) is 15.8. The summed E-state index contributed by atoms with van der Waals surface area (Å²) in [5.41, 5.74) is 2.64. The van der Waals surface area contributed by atoms with Crippen molar-refractivity contribution in [1.29, 1.82) is 0 Å². The van der Waals surface area contributed by atoms with E-state index in [1.807, 2.05) is 13.8 Å². The third kappa shape index (κ3) is 5.02. The topological polar surface area (TPSA) is 73.4 Å². The quantitative estimate of drug-likeness (QED) is 0.674. The van der Waals surface area contributed by atoms with Gasteiger partial charge in [-0.05, 0) is 38.8 Å². The van der Waals surface area contributed by atoms with Crippen LogP contribution in [0.1, 0.15) is 29.5 Å². The van der Waals surface area contributed by atoms with E-state index in [4.69, 9.17) is 0 Å². The summed E-state index contributed by atoms with van der Waals surface area (Å²) in [6.07, 6.45) is 1.65. The Morgan fingerprint density at radius 1 is 1.29 bits per heavy atom. The molecule has 1 aliphatic heterocycles. The summed E-state index contributed by atoms with van der Waals surface area (Å²) in [5, 5.41) is 19.0. The number of nitrogens with one attached hydrogen (secondary N) is 3. The summed E-state index contributed by atoms with van der Waals surface area (Å²) in [6, 6.07) is 5.99. The van der Waals surface area contributed by atoms with Crippen LogP contribution in [0.15, 0.2) is 18.2 Å². The minimum Gasteiger partial charge on any atom is -0.387 e. The van der Waals surface area contributed by atoms with E-state index in [0.29, 0.717) is 13.1 Å². The van der Waals surface area contributed by atoms with Crippen LogP contribution in [0.4, 0.5) is 4.79 Å². The van der Waals surface area contributed by atoms with Gasteiger partial charge < -0.3 is 21.1 Å². The van der Waals surface area contributed by atoms with Gasteiger partial charge >= 0.3 is 6.03 Å². The zero-order valence-electron chi connectivity index (χ0n) is 12.8. The van der Waals surface area contributed by atoms with Gasteiger partial charge in [-0.2, -0.15) is 0 Å². The Bertz CT molecular complexity index is 476. The van der Waals surface area contributed by atoms with Gasteiger partial charge in [0.1, 0.15) is 0 Å². The van der Waals surface area contributed by atoms with Gasteiger partial charge in [-0.1, -0.05) is 29.3 Å². The number of hydrogen-bond acceptors (Lipinski definition) is 3. The SMILES string of the molecule is Cc1cc(C)cc(CNC(=O)NCC2(O)CCCNC2)c1. The zero-order chi connectivity index (χ0) is 15.3. The van der Waals surface area contributed by atoms with Gasteiger partial charge in [0.2, 0.25) is 0 Å². The summed E-state index contributed by atoms with van der Waals surface area (Å²) >= 11 is 0. The Hall–Kier alpha value is -1.59. The van der Waals surface area contributed by atoms with Crippen molar-refractivity contribution in [1.82, 2.24) is 16.0 Å². The van der Waals surface area contributed by atoms with Gasteiger partial charge in [0.25, 0.3) is 0 Å². The second-order valence-electron chi connectivity index (χ2n) is 6.04. The molecular weight excluding hydrogens is 266 g/mol. The molecular formula is C16H25N3O2. The van der Waals surface area contributed by atoms with Gasteiger partial charge in [0.05, 0.1) is 5.60 Å². The van der Waals surface area contributed by atoms with Crippen LogP contribution < -0.4 is 16.0 Å². The van der Waals surface area contributed by atoms with Crippen molar-refractivity contribution < 1.29 is 9.90 Å². The predicted octanol–water partition coefficient (Wildman–Crippen LogP) is 1.22. The maximum Gasteiger partial charge on any atom is 0.315 e. The van der Waals surface area contributed by atoms with Crippen LogP contribution in [0.3, 0.4) is 0 Å². The highest BCUT2D eigenvalue weighted by atomic mass is 16.3. The Morgan fingerprint density at radius 2 is 2.00 bits per heavy atom. The van der Waals surface area contributed by atoms with Crippen LogP contribution in [0.5, 0.6) is 0 Å². The average molecular weight is 291 g/mol. The van der Waals surface area contributed by atoms with Crippen molar-refractivity contribution >= 4 is 6.03 Å². The molecule has 2 amide bonds. The van der Waals surface area contributed by atoms with Crippen LogP contribution in [0.25, 0.3) is 0 Å². The third-order valence-electron chi connectivity index (χ3n) is 3.76. The van der Waals surface area contributed by atoms with Crippen LogP contribution in [0, 0.1) is 13.8 Å². The number of piperidine rings is 1. The lowest BCUT2D eigenvalue weighted by Gasteiger charge is -2.32. The summed E-state index contributed by atoms with van der Waals surface area (Å²) in [4.78, 5) is 11.8. The van der Waals surface area contributed by atoms with Crippen LogP contribution in [-0.2, 0) is 6.54 Å². The molecule has 21 heavy (non-hydrogen) atoms. The average Bonchev–Trinajstić information content (AvgIpc) is 2.43. The monoisotopic (exact) mass is 291 g/mol. The maximum absolute atomic E-state index is 11.8. The summed E-state index contributed by atoms with van der Waals surface area (Å²) < 4.78 is 0. The van der Waals surface area contributed by atoms with Crippen molar-refractivity contribution in [3.8, 4) is 0 Å². The molecule has 1 unspecified atom stereocenters. The number of β-amino-alcohol motifs (C(OH)–C–C–N with tert-alkyl or cyclic N) is 1. The van der Waals surface area contributed by atoms with E-state index in [0.717, 1.165) is 24.9 Å². The number of amides is 2. The molecule has 1 aromatic rings. The highest BCUT2D eigenvalue weighted by Crippen LogP contribution is 2.14. The van der Waals surface area contributed by atoms with Gasteiger partial charge in [0.15, 0.2) is 0 Å². The van der Waals surface area contributed by atoms with Crippen molar-refractivity contribution in [2.75, 3.05) is 19.6 Å². The molecule has 1 heterocycles. The number of rotatable bonds is 4. The standard InChI is InChI=1S/C16H25N3O2/c1-12-6-13(2)8-14(7-12)9-18-15(20)19-11-16(21)4-3-5-17-10-16/h6-8,17,21H,3-5,9-11H2,1-2H3,(H2,18,19,20). The van der Waals surface area contributed by atoms with Gasteiger partial charge in [-0.15, -0.1) is 0 Å². The number of carbonyl (C=O) groups is 1. The summed E-state index contributed by atoms with van der Waals surface area (Å²) in [6.45, 7) is 6.32. The number of hydrogen-bond donors (Lipinski definition) is 4. The highest BCUT2D eigenvalue weighted by Gasteiger charge is 2.29. The lowest BCUT2D eigenvalue weighted by molar-refractivity contribution is 0.0194. The Kier molecular flexibility index (Phi) is 5.20. The van der Waals surface area contributed by atoms with Crippen molar-refractivity contribution in [2.24, 2.45) is 0 Å². The van der Waals surface area contributed by atoms with E-state index in [1.54, 1.807) is 0 Å². The Morgan fingerprint density at radius 3 is 2.62 bits per heavy atom. The molecule has 0 saturated carbocycles. The lowest BCUT2D eigenvalue weighted by atomic mass is 9.94. The lowest BCUT2D eigenvalue weighted by Crippen LogP contribution is -2.54. The van der Waals surface area contributed by atoms with E-state index < -0.39 is 5.60 Å².